The monoisotopic (exact) mass is 303 g/mol. The van der Waals surface area contributed by atoms with E-state index in [1.165, 1.54) is 4.31 Å². The van der Waals surface area contributed by atoms with E-state index in [2.05, 4.69) is 0 Å². The summed E-state index contributed by atoms with van der Waals surface area (Å²) in [7, 11) is -1.80. The average molecular weight is 304 g/mol. The van der Waals surface area contributed by atoms with Gasteiger partial charge in [-0.1, -0.05) is 26.0 Å². The van der Waals surface area contributed by atoms with Gasteiger partial charge in [0, 0.05) is 19.0 Å². The predicted molar refractivity (Wildman–Crippen MR) is 80.1 cm³/mol. The largest absolute Gasteiger partial charge is 0.243 e. The Morgan fingerprint density at radius 3 is 2.32 bits per heavy atom. The third-order valence-electron chi connectivity index (χ3n) is 3.52. The molecule has 0 aliphatic heterocycles. The zero-order valence-corrected chi connectivity index (χ0v) is 13.6. The van der Waals surface area contributed by atoms with Crippen LogP contribution in [0.2, 0.25) is 0 Å². The van der Waals surface area contributed by atoms with Crippen LogP contribution in [-0.4, -0.2) is 25.8 Å². The summed E-state index contributed by atoms with van der Waals surface area (Å²) in [6.45, 7) is 5.82. The maximum absolute atomic E-state index is 12.7. The summed E-state index contributed by atoms with van der Waals surface area (Å²) in [6.07, 6.45) is 1.61. The zero-order valence-electron chi connectivity index (χ0n) is 12.0. The average Bonchev–Trinajstić information content (AvgIpc) is 2.40. The summed E-state index contributed by atoms with van der Waals surface area (Å²) in [5.74, 6) is 0.317. The van der Waals surface area contributed by atoms with Crippen molar-refractivity contribution >= 4 is 21.6 Å². The Labute approximate surface area is 121 Å². The molecule has 0 bridgehead atoms. The molecule has 0 aliphatic rings. The minimum atomic E-state index is -3.45. The van der Waals surface area contributed by atoms with Gasteiger partial charge >= 0.3 is 0 Å². The Hall–Kier alpha value is -0.580. The van der Waals surface area contributed by atoms with Gasteiger partial charge in [-0.15, -0.1) is 11.6 Å². The number of hydrogen-bond acceptors (Lipinski definition) is 2. The molecule has 0 amide bonds. The van der Waals surface area contributed by atoms with E-state index in [0.29, 0.717) is 10.8 Å². The zero-order chi connectivity index (χ0) is 14.6. The minimum Gasteiger partial charge on any atom is -0.207 e. The van der Waals surface area contributed by atoms with Crippen LogP contribution in [0, 0.1) is 6.92 Å². The van der Waals surface area contributed by atoms with E-state index in [0.717, 1.165) is 24.0 Å². The topological polar surface area (TPSA) is 37.4 Å². The van der Waals surface area contributed by atoms with Crippen LogP contribution in [0.4, 0.5) is 0 Å². The second-order valence-electron chi connectivity index (χ2n) is 4.73. The van der Waals surface area contributed by atoms with Gasteiger partial charge in [0.1, 0.15) is 0 Å². The molecule has 0 heterocycles. The quantitative estimate of drug-likeness (QED) is 0.754. The van der Waals surface area contributed by atoms with Gasteiger partial charge in [0.25, 0.3) is 0 Å². The number of sulfonamides is 1. The molecular formula is C14H22ClNO2S. The highest BCUT2D eigenvalue weighted by atomic mass is 35.5. The van der Waals surface area contributed by atoms with Crippen molar-refractivity contribution in [3.8, 4) is 0 Å². The van der Waals surface area contributed by atoms with Gasteiger partial charge in [-0.05, 0) is 37.0 Å². The number of hydrogen-bond donors (Lipinski definition) is 0. The van der Waals surface area contributed by atoms with Crippen molar-refractivity contribution in [2.24, 2.45) is 0 Å². The first kappa shape index (κ1) is 16.5. The highest BCUT2D eigenvalue weighted by Gasteiger charge is 2.27. The maximum atomic E-state index is 12.7. The van der Waals surface area contributed by atoms with Crippen LogP contribution in [0.15, 0.2) is 23.1 Å². The van der Waals surface area contributed by atoms with E-state index in [4.69, 9.17) is 11.6 Å². The fraction of sp³-hybridized carbons (Fsp3) is 0.571. The van der Waals surface area contributed by atoms with Crippen LogP contribution < -0.4 is 0 Å². The molecule has 0 saturated carbocycles. The number of benzene rings is 1. The smallest absolute Gasteiger partial charge is 0.207 e. The van der Waals surface area contributed by atoms with Gasteiger partial charge in [0.05, 0.1) is 4.90 Å². The van der Waals surface area contributed by atoms with Crippen molar-refractivity contribution in [1.82, 2.24) is 4.31 Å². The van der Waals surface area contributed by atoms with E-state index in [1.807, 2.05) is 32.9 Å². The molecule has 0 spiro atoms. The Morgan fingerprint density at radius 2 is 1.84 bits per heavy atom. The number of aryl methyl sites for hydroxylation is 1. The molecule has 1 aromatic rings. The van der Waals surface area contributed by atoms with Crippen molar-refractivity contribution in [3.63, 3.8) is 0 Å². The lowest BCUT2D eigenvalue weighted by molar-refractivity contribution is 0.349. The van der Waals surface area contributed by atoms with E-state index in [9.17, 15) is 8.42 Å². The molecule has 19 heavy (non-hydrogen) atoms. The molecule has 0 saturated heterocycles. The number of nitrogens with zero attached hydrogens (tertiary/aromatic N) is 1. The number of halogens is 1. The maximum Gasteiger partial charge on any atom is 0.243 e. The van der Waals surface area contributed by atoms with E-state index >= 15 is 0 Å². The van der Waals surface area contributed by atoms with Crippen LogP contribution in [0.1, 0.15) is 37.8 Å². The Bertz CT molecular complexity index is 524. The highest BCUT2D eigenvalue weighted by Crippen LogP contribution is 2.24. The molecule has 1 aromatic carbocycles. The molecule has 1 rings (SSSR count). The van der Waals surface area contributed by atoms with E-state index in [1.54, 1.807) is 13.1 Å². The summed E-state index contributed by atoms with van der Waals surface area (Å²) in [4.78, 5) is 0.361. The molecular weight excluding hydrogens is 282 g/mol. The predicted octanol–water partition coefficient (Wildman–Crippen LogP) is 3.54. The lowest BCUT2D eigenvalue weighted by Crippen LogP contribution is -2.36. The molecule has 0 unspecified atom stereocenters. The van der Waals surface area contributed by atoms with Crippen LogP contribution in [0.3, 0.4) is 0 Å². The first-order chi connectivity index (χ1) is 8.88. The van der Waals surface area contributed by atoms with Gasteiger partial charge in [0.15, 0.2) is 0 Å². The summed E-state index contributed by atoms with van der Waals surface area (Å²) in [5.41, 5.74) is 1.58. The highest BCUT2D eigenvalue weighted by molar-refractivity contribution is 7.89. The third-order valence-corrected chi connectivity index (χ3v) is 5.88. The molecule has 5 heteroatoms. The summed E-state index contributed by atoms with van der Waals surface area (Å²) in [5, 5.41) is 0. The molecule has 3 nitrogen and oxygen atoms in total. The van der Waals surface area contributed by atoms with Crippen LogP contribution in [0.5, 0.6) is 0 Å². The van der Waals surface area contributed by atoms with E-state index in [-0.39, 0.29) is 6.04 Å². The van der Waals surface area contributed by atoms with Crippen molar-refractivity contribution < 1.29 is 8.42 Å². The van der Waals surface area contributed by atoms with Crippen molar-refractivity contribution in [1.29, 1.82) is 0 Å². The number of alkyl halides is 1. The second kappa shape index (κ2) is 6.73. The van der Waals surface area contributed by atoms with Gasteiger partial charge in [-0.2, -0.15) is 4.31 Å². The number of rotatable bonds is 6. The van der Waals surface area contributed by atoms with Crippen LogP contribution in [0.25, 0.3) is 0 Å². The molecule has 0 fully saturated rings. The van der Waals surface area contributed by atoms with Gasteiger partial charge < -0.3 is 0 Å². The van der Waals surface area contributed by atoms with Crippen LogP contribution in [-0.2, 0) is 15.9 Å². The van der Waals surface area contributed by atoms with Gasteiger partial charge in [0.2, 0.25) is 10.0 Å². The first-order valence-corrected chi connectivity index (χ1v) is 8.49. The van der Waals surface area contributed by atoms with Crippen molar-refractivity contribution in [2.75, 3.05) is 7.05 Å². The van der Waals surface area contributed by atoms with Crippen molar-refractivity contribution in [2.45, 2.75) is 50.4 Å². The molecule has 0 aromatic heterocycles. The summed E-state index contributed by atoms with van der Waals surface area (Å²) < 4.78 is 26.8. The van der Waals surface area contributed by atoms with Gasteiger partial charge in [-0.25, -0.2) is 8.42 Å². The second-order valence-corrected chi connectivity index (χ2v) is 6.96. The lowest BCUT2D eigenvalue weighted by Gasteiger charge is -2.26. The lowest BCUT2D eigenvalue weighted by atomic mass is 10.2. The molecule has 0 aliphatic carbocycles. The van der Waals surface area contributed by atoms with Gasteiger partial charge in [-0.3, -0.25) is 0 Å². The van der Waals surface area contributed by atoms with Crippen molar-refractivity contribution in [3.05, 3.63) is 29.3 Å². The standard InChI is InChI=1S/C14H22ClNO2S/c1-5-13(6-2)16(4)19(17,18)14-9-12(10-15)8-7-11(14)3/h7-9,13H,5-6,10H2,1-4H3. The minimum absolute atomic E-state index is 0.0315. The summed E-state index contributed by atoms with van der Waals surface area (Å²) >= 11 is 5.79. The fourth-order valence-electron chi connectivity index (χ4n) is 2.16. The van der Waals surface area contributed by atoms with Crippen LogP contribution >= 0.6 is 11.6 Å². The molecule has 108 valence electrons. The summed E-state index contributed by atoms with van der Waals surface area (Å²) in [6, 6.07) is 5.38. The molecule has 0 N–H and O–H groups in total. The SMILES string of the molecule is CCC(CC)N(C)S(=O)(=O)c1cc(CCl)ccc1C. The first-order valence-electron chi connectivity index (χ1n) is 6.52. The third kappa shape index (κ3) is 3.50. The Morgan fingerprint density at radius 1 is 1.26 bits per heavy atom. The molecule has 0 radical (unpaired) electrons. The van der Waals surface area contributed by atoms with E-state index < -0.39 is 10.0 Å². The fourth-order valence-corrected chi connectivity index (χ4v) is 4.10. The normalized spacial score (nSPS) is 12.4. The molecule has 0 atom stereocenters. The Balaban J connectivity index is 3.26. The Kier molecular flexibility index (Phi) is 5.83.